The van der Waals surface area contributed by atoms with Crippen LogP contribution >= 0.6 is 0 Å². The summed E-state index contributed by atoms with van der Waals surface area (Å²) in [6.07, 6.45) is 1.06. The topological polar surface area (TPSA) is 58.4 Å². The molecule has 5 heteroatoms. The van der Waals surface area contributed by atoms with E-state index in [0.29, 0.717) is 37.2 Å². The molecule has 0 aromatic heterocycles. The second-order valence-electron chi connectivity index (χ2n) is 5.98. The molecule has 1 fully saturated rings. The van der Waals surface area contributed by atoms with Crippen LogP contribution in [0.3, 0.4) is 0 Å². The van der Waals surface area contributed by atoms with Crippen LogP contribution < -0.4 is 11.1 Å². The standard InChI is InChI=1S/C16H24FN3O/c1-11-5-13(3-4-15(11)17)8-19-16(21)10-20-9-14(7-18)6-12(20)2/h3-5,12,14H,6-10,18H2,1-2H3,(H,19,21). The van der Waals surface area contributed by atoms with Crippen LogP contribution in [0.15, 0.2) is 18.2 Å². The number of carbonyl (C=O) groups is 1. The molecule has 1 aliphatic heterocycles. The van der Waals surface area contributed by atoms with Crippen LogP contribution in [0.5, 0.6) is 0 Å². The SMILES string of the molecule is Cc1cc(CNC(=O)CN2CC(CN)CC2C)ccc1F. The van der Waals surface area contributed by atoms with Crippen molar-refractivity contribution in [3.63, 3.8) is 0 Å². The molecular weight excluding hydrogens is 269 g/mol. The number of nitrogens with zero attached hydrogens (tertiary/aromatic N) is 1. The number of likely N-dealkylation sites (tertiary alicyclic amines) is 1. The smallest absolute Gasteiger partial charge is 0.234 e. The Morgan fingerprint density at radius 1 is 1.52 bits per heavy atom. The molecule has 3 N–H and O–H groups in total. The predicted octanol–water partition coefficient (Wildman–Crippen LogP) is 1.42. The van der Waals surface area contributed by atoms with E-state index in [4.69, 9.17) is 5.73 Å². The number of aryl methyl sites for hydroxylation is 1. The summed E-state index contributed by atoms with van der Waals surface area (Å²) in [7, 11) is 0. The maximum absolute atomic E-state index is 13.2. The minimum Gasteiger partial charge on any atom is -0.351 e. The van der Waals surface area contributed by atoms with Crippen LogP contribution in [0.4, 0.5) is 4.39 Å². The highest BCUT2D eigenvalue weighted by Gasteiger charge is 2.29. The summed E-state index contributed by atoms with van der Waals surface area (Å²) in [6.45, 7) is 6.25. The van der Waals surface area contributed by atoms with Crippen LogP contribution in [-0.4, -0.2) is 36.5 Å². The molecule has 21 heavy (non-hydrogen) atoms. The maximum Gasteiger partial charge on any atom is 0.234 e. The van der Waals surface area contributed by atoms with E-state index in [2.05, 4.69) is 17.1 Å². The Bertz CT molecular complexity index is 506. The second kappa shape index (κ2) is 7.00. The van der Waals surface area contributed by atoms with Crippen molar-refractivity contribution in [3.05, 3.63) is 35.1 Å². The Morgan fingerprint density at radius 2 is 2.29 bits per heavy atom. The second-order valence-corrected chi connectivity index (χ2v) is 5.98. The largest absolute Gasteiger partial charge is 0.351 e. The molecule has 4 nitrogen and oxygen atoms in total. The number of nitrogens with two attached hydrogens (primary N) is 1. The van der Waals surface area contributed by atoms with Crippen LogP contribution in [0.2, 0.25) is 0 Å². The van der Waals surface area contributed by atoms with Crippen LogP contribution in [0.25, 0.3) is 0 Å². The van der Waals surface area contributed by atoms with Gasteiger partial charge in [0.25, 0.3) is 0 Å². The summed E-state index contributed by atoms with van der Waals surface area (Å²) in [5.74, 6) is 0.276. The summed E-state index contributed by atoms with van der Waals surface area (Å²) >= 11 is 0. The first-order valence-corrected chi connectivity index (χ1v) is 7.45. The lowest BCUT2D eigenvalue weighted by molar-refractivity contribution is -0.122. The van der Waals surface area contributed by atoms with E-state index in [0.717, 1.165) is 18.5 Å². The Kier molecular flexibility index (Phi) is 5.31. The van der Waals surface area contributed by atoms with E-state index < -0.39 is 0 Å². The Balaban J connectivity index is 1.81. The summed E-state index contributed by atoms with van der Waals surface area (Å²) in [5, 5.41) is 2.89. The third-order valence-electron chi connectivity index (χ3n) is 4.18. The molecule has 0 saturated carbocycles. The summed E-state index contributed by atoms with van der Waals surface area (Å²) < 4.78 is 13.2. The van der Waals surface area contributed by atoms with Gasteiger partial charge in [-0.15, -0.1) is 0 Å². The van der Waals surface area contributed by atoms with Gasteiger partial charge in [0.1, 0.15) is 5.82 Å². The fourth-order valence-corrected chi connectivity index (χ4v) is 2.87. The average Bonchev–Trinajstić information content (AvgIpc) is 2.81. The zero-order valence-electron chi connectivity index (χ0n) is 12.7. The van der Waals surface area contributed by atoms with Gasteiger partial charge >= 0.3 is 0 Å². The van der Waals surface area contributed by atoms with Gasteiger partial charge in [0.05, 0.1) is 6.54 Å². The summed E-state index contributed by atoms with van der Waals surface area (Å²) in [6, 6.07) is 5.30. The summed E-state index contributed by atoms with van der Waals surface area (Å²) in [5.41, 5.74) is 7.20. The molecule has 0 bridgehead atoms. The van der Waals surface area contributed by atoms with E-state index in [1.165, 1.54) is 6.07 Å². The lowest BCUT2D eigenvalue weighted by Gasteiger charge is -2.20. The van der Waals surface area contributed by atoms with Crippen molar-refractivity contribution in [2.24, 2.45) is 11.7 Å². The lowest BCUT2D eigenvalue weighted by Crippen LogP contribution is -2.39. The van der Waals surface area contributed by atoms with Gasteiger partial charge in [0.2, 0.25) is 5.91 Å². The average molecular weight is 293 g/mol. The van der Waals surface area contributed by atoms with Crippen molar-refractivity contribution in [2.75, 3.05) is 19.6 Å². The van der Waals surface area contributed by atoms with Gasteiger partial charge in [-0.3, -0.25) is 9.69 Å². The molecule has 1 aromatic carbocycles. The molecule has 116 valence electrons. The Labute approximate surface area is 125 Å². The van der Waals surface area contributed by atoms with Crippen molar-refractivity contribution in [1.29, 1.82) is 0 Å². The molecule has 1 saturated heterocycles. The first kappa shape index (κ1) is 15.9. The molecule has 2 unspecified atom stereocenters. The highest BCUT2D eigenvalue weighted by atomic mass is 19.1. The first-order valence-electron chi connectivity index (χ1n) is 7.45. The Morgan fingerprint density at radius 3 is 2.90 bits per heavy atom. The van der Waals surface area contributed by atoms with Crippen molar-refractivity contribution in [1.82, 2.24) is 10.2 Å². The van der Waals surface area contributed by atoms with E-state index in [9.17, 15) is 9.18 Å². The number of rotatable bonds is 5. The molecular formula is C16H24FN3O. The number of hydrogen-bond acceptors (Lipinski definition) is 3. The molecule has 1 aliphatic rings. The van der Waals surface area contributed by atoms with Crippen molar-refractivity contribution in [3.8, 4) is 0 Å². The monoisotopic (exact) mass is 293 g/mol. The van der Waals surface area contributed by atoms with Gasteiger partial charge in [0, 0.05) is 19.1 Å². The van der Waals surface area contributed by atoms with Crippen molar-refractivity contribution < 1.29 is 9.18 Å². The Hall–Kier alpha value is -1.46. The number of nitrogens with one attached hydrogen (secondary N) is 1. The normalized spacial score (nSPS) is 22.5. The molecule has 0 aliphatic carbocycles. The predicted molar refractivity (Wildman–Crippen MR) is 81.2 cm³/mol. The minimum atomic E-state index is -0.219. The van der Waals surface area contributed by atoms with Crippen LogP contribution in [0.1, 0.15) is 24.5 Å². The van der Waals surface area contributed by atoms with Gasteiger partial charge in [-0.1, -0.05) is 12.1 Å². The maximum atomic E-state index is 13.2. The third-order valence-corrected chi connectivity index (χ3v) is 4.18. The number of amides is 1. The van der Waals surface area contributed by atoms with Gasteiger partial charge in [-0.2, -0.15) is 0 Å². The van der Waals surface area contributed by atoms with Crippen LogP contribution in [0, 0.1) is 18.7 Å². The molecule has 1 heterocycles. The van der Waals surface area contributed by atoms with E-state index >= 15 is 0 Å². The molecule has 2 rings (SSSR count). The fourth-order valence-electron chi connectivity index (χ4n) is 2.87. The van der Waals surface area contributed by atoms with Crippen molar-refractivity contribution in [2.45, 2.75) is 32.9 Å². The number of halogens is 1. The van der Waals surface area contributed by atoms with E-state index in [1.807, 2.05) is 0 Å². The summed E-state index contributed by atoms with van der Waals surface area (Å²) in [4.78, 5) is 14.2. The molecule has 1 amide bonds. The van der Waals surface area contributed by atoms with E-state index in [-0.39, 0.29) is 11.7 Å². The minimum absolute atomic E-state index is 0.00139. The lowest BCUT2D eigenvalue weighted by atomic mass is 10.1. The first-order chi connectivity index (χ1) is 9.99. The van der Waals surface area contributed by atoms with Gasteiger partial charge < -0.3 is 11.1 Å². The number of hydrogen-bond donors (Lipinski definition) is 2. The third kappa shape index (κ3) is 4.25. The van der Waals surface area contributed by atoms with Gasteiger partial charge in [-0.25, -0.2) is 4.39 Å². The van der Waals surface area contributed by atoms with Gasteiger partial charge in [-0.05, 0) is 49.9 Å². The number of benzene rings is 1. The zero-order chi connectivity index (χ0) is 15.4. The van der Waals surface area contributed by atoms with E-state index in [1.54, 1.807) is 19.1 Å². The van der Waals surface area contributed by atoms with Crippen LogP contribution in [-0.2, 0) is 11.3 Å². The fraction of sp³-hybridized carbons (Fsp3) is 0.562. The molecule has 0 spiro atoms. The highest BCUT2D eigenvalue weighted by Crippen LogP contribution is 2.21. The zero-order valence-corrected chi connectivity index (χ0v) is 12.7. The highest BCUT2D eigenvalue weighted by molar-refractivity contribution is 5.78. The molecule has 2 atom stereocenters. The molecule has 1 aromatic rings. The molecule has 0 radical (unpaired) electrons. The number of carbonyl (C=O) groups excluding carboxylic acids is 1. The quantitative estimate of drug-likeness (QED) is 0.863. The van der Waals surface area contributed by atoms with Crippen molar-refractivity contribution >= 4 is 5.91 Å². The van der Waals surface area contributed by atoms with Gasteiger partial charge in [0.15, 0.2) is 0 Å².